The maximum Gasteiger partial charge on any atom is 0.416 e. The van der Waals surface area contributed by atoms with Gasteiger partial charge in [0.15, 0.2) is 0 Å². The summed E-state index contributed by atoms with van der Waals surface area (Å²) < 4.78 is 41.1. The van der Waals surface area contributed by atoms with Crippen LogP contribution in [0.4, 0.5) is 13.2 Å². The van der Waals surface area contributed by atoms with Crippen molar-refractivity contribution < 1.29 is 27.9 Å². The number of nitrogens with one attached hydrogen (secondary N) is 1. The van der Waals surface area contributed by atoms with Crippen LogP contribution in [-0.4, -0.2) is 23.3 Å². The molecule has 1 saturated carbocycles. The number of carboxylic acid groups (broad SMARTS) is 1. The smallest absolute Gasteiger partial charge is 0.416 e. The predicted octanol–water partition coefficient (Wildman–Crippen LogP) is 6.32. The molecule has 0 radical (unpaired) electrons. The molecule has 1 aliphatic rings. The van der Waals surface area contributed by atoms with Gasteiger partial charge in [0, 0.05) is 18.0 Å². The van der Waals surface area contributed by atoms with Gasteiger partial charge in [0.05, 0.1) is 22.6 Å². The molecule has 180 valence electrons. The standard InChI is InChI=1S/C24H29F3N2O3S/c1-16(22-10-8-19(33-22)14-28-12-11-23(30)31)29-32-15-17-7-9-20(18-5-3-2-4-6-18)21(13-17)24(25,26)27/h7-10,13,18,28H,2-6,11-12,14-15H2,1H3,(H,30,31)/b29-16+. The first-order valence-electron chi connectivity index (χ1n) is 11.1. The lowest BCUT2D eigenvalue weighted by Gasteiger charge is -2.25. The molecule has 2 N–H and O–H groups in total. The summed E-state index contributed by atoms with van der Waals surface area (Å²) in [5, 5.41) is 15.8. The zero-order valence-corrected chi connectivity index (χ0v) is 19.4. The molecule has 0 atom stereocenters. The summed E-state index contributed by atoms with van der Waals surface area (Å²) in [5.74, 6) is -0.877. The molecule has 9 heteroatoms. The topological polar surface area (TPSA) is 70.9 Å². The summed E-state index contributed by atoms with van der Waals surface area (Å²) in [5.41, 5.74) is 0.905. The minimum Gasteiger partial charge on any atom is -0.481 e. The molecule has 3 rings (SSSR count). The van der Waals surface area contributed by atoms with Crippen molar-refractivity contribution in [2.24, 2.45) is 5.16 Å². The van der Waals surface area contributed by atoms with E-state index in [-0.39, 0.29) is 18.9 Å². The number of thiophene rings is 1. The number of benzene rings is 1. The largest absolute Gasteiger partial charge is 0.481 e. The highest BCUT2D eigenvalue weighted by Gasteiger charge is 2.35. The van der Waals surface area contributed by atoms with Crippen LogP contribution >= 0.6 is 11.3 Å². The summed E-state index contributed by atoms with van der Waals surface area (Å²) in [6, 6.07) is 8.32. The van der Waals surface area contributed by atoms with Crippen molar-refractivity contribution in [3.8, 4) is 0 Å². The van der Waals surface area contributed by atoms with Crippen molar-refractivity contribution in [2.75, 3.05) is 6.54 Å². The molecule has 0 spiro atoms. The van der Waals surface area contributed by atoms with Gasteiger partial charge in [-0.15, -0.1) is 11.3 Å². The van der Waals surface area contributed by atoms with Crippen LogP contribution < -0.4 is 5.32 Å². The lowest BCUT2D eigenvalue weighted by Crippen LogP contribution is -2.16. The predicted molar refractivity (Wildman–Crippen MR) is 123 cm³/mol. The van der Waals surface area contributed by atoms with Crippen LogP contribution in [0, 0.1) is 0 Å². The Morgan fingerprint density at radius 3 is 2.67 bits per heavy atom. The van der Waals surface area contributed by atoms with Gasteiger partial charge in [-0.2, -0.15) is 13.2 Å². The van der Waals surface area contributed by atoms with E-state index in [1.54, 1.807) is 19.1 Å². The molecule has 1 aromatic carbocycles. The van der Waals surface area contributed by atoms with Crippen LogP contribution in [0.1, 0.15) is 77.8 Å². The minimum absolute atomic E-state index is 0.0303. The lowest BCUT2D eigenvalue weighted by molar-refractivity contribution is -0.139. The van der Waals surface area contributed by atoms with Gasteiger partial charge < -0.3 is 15.3 Å². The third-order valence-corrected chi connectivity index (χ3v) is 6.93. The van der Waals surface area contributed by atoms with E-state index in [1.807, 2.05) is 12.1 Å². The second-order valence-corrected chi connectivity index (χ2v) is 9.46. The van der Waals surface area contributed by atoms with E-state index in [2.05, 4.69) is 10.5 Å². The Morgan fingerprint density at radius 1 is 1.21 bits per heavy atom. The number of hydrogen-bond donors (Lipinski definition) is 2. The fraction of sp³-hybridized carbons (Fsp3) is 0.500. The average molecular weight is 483 g/mol. The Kier molecular flexibility index (Phi) is 8.91. The average Bonchev–Trinajstić information content (AvgIpc) is 3.26. The molecule has 0 bridgehead atoms. The Labute approximate surface area is 195 Å². The summed E-state index contributed by atoms with van der Waals surface area (Å²) in [6.07, 6.45) is 0.320. The van der Waals surface area contributed by atoms with E-state index in [0.29, 0.717) is 29.9 Å². The molecule has 0 aliphatic heterocycles. The fourth-order valence-electron chi connectivity index (χ4n) is 4.03. The Balaban J connectivity index is 1.59. The number of carboxylic acids is 1. The normalized spacial score (nSPS) is 15.6. The van der Waals surface area contributed by atoms with Crippen molar-refractivity contribution >= 4 is 23.0 Å². The molecular formula is C24H29F3N2O3S. The number of alkyl halides is 3. The van der Waals surface area contributed by atoms with Gasteiger partial charge in [-0.05, 0) is 55.0 Å². The van der Waals surface area contributed by atoms with E-state index in [4.69, 9.17) is 9.94 Å². The van der Waals surface area contributed by atoms with Crippen molar-refractivity contribution in [1.29, 1.82) is 0 Å². The Bertz CT molecular complexity index is 966. The van der Waals surface area contributed by atoms with E-state index in [0.717, 1.165) is 41.9 Å². The van der Waals surface area contributed by atoms with Gasteiger partial charge >= 0.3 is 12.1 Å². The molecule has 33 heavy (non-hydrogen) atoms. The van der Waals surface area contributed by atoms with Crippen LogP contribution in [0.3, 0.4) is 0 Å². The summed E-state index contributed by atoms with van der Waals surface area (Å²) in [7, 11) is 0. The second-order valence-electron chi connectivity index (χ2n) is 8.29. The van der Waals surface area contributed by atoms with Crippen molar-refractivity contribution in [1.82, 2.24) is 5.32 Å². The highest BCUT2D eigenvalue weighted by molar-refractivity contribution is 7.14. The third kappa shape index (κ3) is 7.57. The summed E-state index contributed by atoms with van der Waals surface area (Å²) in [6.45, 7) is 2.68. The number of hydrogen-bond acceptors (Lipinski definition) is 5. The molecule has 5 nitrogen and oxygen atoms in total. The number of halogens is 3. The van der Waals surface area contributed by atoms with Crippen molar-refractivity contribution in [3.63, 3.8) is 0 Å². The molecule has 1 heterocycles. The van der Waals surface area contributed by atoms with E-state index in [1.165, 1.54) is 17.4 Å². The number of rotatable bonds is 10. The van der Waals surface area contributed by atoms with Gasteiger partial charge in [-0.3, -0.25) is 4.79 Å². The van der Waals surface area contributed by atoms with Gasteiger partial charge in [0.2, 0.25) is 0 Å². The van der Waals surface area contributed by atoms with Gasteiger partial charge in [0.1, 0.15) is 6.61 Å². The number of aliphatic carboxylic acids is 1. The molecule has 0 saturated heterocycles. The molecule has 1 aromatic heterocycles. The van der Waals surface area contributed by atoms with Gasteiger partial charge in [-0.25, -0.2) is 0 Å². The lowest BCUT2D eigenvalue weighted by atomic mass is 9.81. The molecule has 1 fully saturated rings. The van der Waals surface area contributed by atoms with E-state index >= 15 is 0 Å². The van der Waals surface area contributed by atoms with Gasteiger partial charge in [-0.1, -0.05) is 36.6 Å². The fourth-order valence-corrected chi connectivity index (χ4v) is 4.95. The van der Waals surface area contributed by atoms with Crippen LogP contribution in [0.5, 0.6) is 0 Å². The summed E-state index contributed by atoms with van der Waals surface area (Å²) >= 11 is 1.50. The van der Waals surface area contributed by atoms with Gasteiger partial charge in [0.25, 0.3) is 0 Å². The zero-order chi connectivity index (χ0) is 23.8. The van der Waals surface area contributed by atoms with Crippen molar-refractivity contribution in [3.05, 3.63) is 56.8 Å². The quantitative estimate of drug-likeness (QED) is 0.236. The zero-order valence-electron chi connectivity index (χ0n) is 18.6. The number of oxime groups is 1. The molecule has 2 aromatic rings. The first-order valence-corrected chi connectivity index (χ1v) is 11.9. The van der Waals surface area contributed by atoms with Crippen LogP contribution in [0.2, 0.25) is 0 Å². The maximum absolute atomic E-state index is 13.7. The first-order chi connectivity index (χ1) is 15.7. The SMILES string of the molecule is C/C(=N\OCc1ccc(C2CCCCC2)c(C(F)(F)F)c1)c1ccc(CNCCC(=O)O)s1. The minimum atomic E-state index is -4.39. The van der Waals surface area contributed by atoms with Crippen LogP contribution in [0.15, 0.2) is 35.5 Å². The Hall–Kier alpha value is -2.39. The second kappa shape index (κ2) is 11.7. The number of nitrogens with zero attached hydrogens (tertiary/aromatic N) is 1. The Morgan fingerprint density at radius 2 is 1.97 bits per heavy atom. The molecule has 0 amide bonds. The third-order valence-electron chi connectivity index (χ3n) is 5.73. The van der Waals surface area contributed by atoms with Crippen LogP contribution in [0.25, 0.3) is 0 Å². The highest BCUT2D eigenvalue weighted by atomic mass is 32.1. The highest BCUT2D eigenvalue weighted by Crippen LogP contribution is 2.41. The summed E-state index contributed by atoms with van der Waals surface area (Å²) in [4.78, 5) is 17.8. The monoisotopic (exact) mass is 482 g/mol. The first kappa shape index (κ1) is 25.2. The molecule has 0 unspecified atom stereocenters. The number of carbonyl (C=O) groups is 1. The van der Waals surface area contributed by atoms with Crippen LogP contribution in [-0.2, 0) is 29.0 Å². The maximum atomic E-state index is 13.7. The molecular weight excluding hydrogens is 453 g/mol. The van der Waals surface area contributed by atoms with E-state index in [9.17, 15) is 18.0 Å². The van der Waals surface area contributed by atoms with Crippen molar-refractivity contribution in [2.45, 2.75) is 70.7 Å². The molecule has 1 aliphatic carbocycles. The van der Waals surface area contributed by atoms with E-state index < -0.39 is 17.7 Å².